The van der Waals surface area contributed by atoms with Gasteiger partial charge in [0.15, 0.2) is 0 Å². The molecule has 1 aliphatic rings. The fraction of sp³-hybridized carbons (Fsp3) is 0.562. The van der Waals surface area contributed by atoms with Gasteiger partial charge in [0.05, 0.1) is 11.6 Å². The summed E-state index contributed by atoms with van der Waals surface area (Å²) in [5.41, 5.74) is 1.71. The maximum atomic E-state index is 8.83. The Balaban J connectivity index is 1.96. The molecule has 1 aromatic carbocycles. The summed E-state index contributed by atoms with van der Waals surface area (Å²) in [6.07, 6.45) is 6.56. The van der Waals surface area contributed by atoms with Gasteiger partial charge >= 0.3 is 0 Å². The third-order valence-electron chi connectivity index (χ3n) is 4.17. The van der Waals surface area contributed by atoms with Gasteiger partial charge in [-0.2, -0.15) is 5.26 Å². The molecule has 2 rings (SSSR count). The summed E-state index contributed by atoms with van der Waals surface area (Å²) in [4.78, 5) is 0. The summed E-state index contributed by atoms with van der Waals surface area (Å²) in [6.45, 7) is 3.07. The first-order chi connectivity index (χ1) is 9.24. The van der Waals surface area contributed by atoms with Gasteiger partial charge in [-0.25, -0.2) is 0 Å². The fourth-order valence-corrected chi connectivity index (χ4v) is 3.21. The smallest absolute Gasteiger partial charge is 0.0992 e. The minimum atomic E-state index is 0.616. The molecule has 0 heterocycles. The molecule has 1 aromatic rings. The van der Waals surface area contributed by atoms with Crippen molar-refractivity contribution in [2.45, 2.75) is 51.6 Å². The van der Waals surface area contributed by atoms with Gasteiger partial charge in [-0.3, -0.25) is 0 Å². The second kappa shape index (κ2) is 6.93. The maximum absolute atomic E-state index is 8.83. The predicted molar refractivity (Wildman–Crippen MR) is 79.0 cm³/mol. The molecule has 1 fully saturated rings. The largest absolute Gasteiger partial charge is 0.310 e. The number of halogens is 1. The lowest BCUT2D eigenvalue weighted by Gasteiger charge is -2.31. The van der Waals surface area contributed by atoms with E-state index in [1.807, 2.05) is 12.1 Å². The van der Waals surface area contributed by atoms with E-state index in [-0.39, 0.29) is 0 Å². The molecule has 1 aliphatic carbocycles. The summed E-state index contributed by atoms with van der Waals surface area (Å²) >= 11 is 6.21. The van der Waals surface area contributed by atoms with Crippen molar-refractivity contribution in [3.05, 3.63) is 34.3 Å². The van der Waals surface area contributed by atoms with Crippen LogP contribution < -0.4 is 5.32 Å². The lowest BCUT2D eigenvalue weighted by Crippen LogP contribution is -2.37. The topological polar surface area (TPSA) is 35.8 Å². The van der Waals surface area contributed by atoms with Crippen molar-refractivity contribution in [3.63, 3.8) is 0 Å². The number of hydrogen-bond donors (Lipinski definition) is 1. The summed E-state index contributed by atoms with van der Waals surface area (Å²) in [5.74, 6) is 0.797. The summed E-state index contributed by atoms with van der Waals surface area (Å²) in [7, 11) is 0. The van der Waals surface area contributed by atoms with Crippen LogP contribution >= 0.6 is 11.6 Å². The van der Waals surface area contributed by atoms with Gasteiger partial charge in [0.2, 0.25) is 0 Å². The minimum Gasteiger partial charge on any atom is -0.310 e. The summed E-state index contributed by atoms with van der Waals surface area (Å²) in [6, 6.07) is 8.27. The Hall–Kier alpha value is -1.04. The average molecular weight is 277 g/mol. The van der Waals surface area contributed by atoms with E-state index in [4.69, 9.17) is 16.9 Å². The number of hydrogen-bond acceptors (Lipinski definition) is 2. The highest BCUT2D eigenvalue weighted by Gasteiger charge is 2.23. The molecule has 1 N–H and O–H groups in total. The minimum absolute atomic E-state index is 0.616. The molecule has 2 nitrogen and oxygen atoms in total. The van der Waals surface area contributed by atoms with Crippen molar-refractivity contribution in [2.75, 3.05) is 0 Å². The number of nitrogens with zero attached hydrogens (tertiary/aromatic N) is 1. The zero-order valence-electron chi connectivity index (χ0n) is 11.5. The Morgan fingerprint density at radius 2 is 2.16 bits per heavy atom. The predicted octanol–water partition coefficient (Wildman–Crippen LogP) is 4.27. The average Bonchev–Trinajstić information content (AvgIpc) is 2.46. The van der Waals surface area contributed by atoms with Gasteiger partial charge in [0.1, 0.15) is 0 Å². The molecule has 3 heteroatoms. The third-order valence-corrected chi connectivity index (χ3v) is 4.52. The van der Waals surface area contributed by atoms with E-state index in [9.17, 15) is 0 Å². The highest BCUT2D eigenvalue weighted by Crippen LogP contribution is 2.27. The van der Waals surface area contributed by atoms with Crippen LogP contribution in [-0.4, -0.2) is 6.04 Å². The van der Waals surface area contributed by atoms with Crippen LogP contribution in [0.4, 0.5) is 0 Å². The SMILES string of the molecule is CCC1CCCCC1NCc1ccc(C#N)cc1Cl. The van der Waals surface area contributed by atoms with Gasteiger partial charge in [-0.05, 0) is 36.5 Å². The van der Waals surface area contributed by atoms with Gasteiger partial charge in [0, 0.05) is 17.6 Å². The number of nitriles is 1. The van der Waals surface area contributed by atoms with Crippen LogP contribution in [0.15, 0.2) is 18.2 Å². The fourth-order valence-electron chi connectivity index (χ4n) is 2.97. The zero-order chi connectivity index (χ0) is 13.7. The van der Waals surface area contributed by atoms with Crippen molar-refractivity contribution in [1.29, 1.82) is 5.26 Å². The maximum Gasteiger partial charge on any atom is 0.0992 e. The molecule has 0 radical (unpaired) electrons. The molecule has 0 bridgehead atoms. The normalized spacial score (nSPS) is 23.0. The molecule has 2 atom stereocenters. The Bertz CT molecular complexity index is 464. The molecule has 102 valence electrons. The Morgan fingerprint density at radius 1 is 1.37 bits per heavy atom. The van der Waals surface area contributed by atoms with E-state index in [1.54, 1.807) is 6.07 Å². The van der Waals surface area contributed by atoms with Crippen molar-refractivity contribution < 1.29 is 0 Å². The summed E-state index contributed by atoms with van der Waals surface area (Å²) in [5, 5.41) is 13.2. The van der Waals surface area contributed by atoms with Gasteiger partial charge in [0.25, 0.3) is 0 Å². The van der Waals surface area contributed by atoms with E-state index < -0.39 is 0 Å². The van der Waals surface area contributed by atoms with Gasteiger partial charge in [-0.15, -0.1) is 0 Å². The van der Waals surface area contributed by atoms with Crippen molar-refractivity contribution in [3.8, 4) is 6.07 Å². The van der Waals surface area contributed by atoms with Crippen molar-refractivity contribution in [2.24, 2.45) is 5.92 Å². The monoisotopic (exact) mass is 276 g/mol. The molecular formula is C16H21ClN2. The van der Waals surface area contributed by atoms with E-state index in [1.165, 1.54) is 32.1 Å². The molecule has 2 unspecified atom stereocenters. The molecule has 0 aliphatic heterocycles. The van der Waals surface area contributed by atoms with E-state index in [0.29, 0.717) is 16.6 Å². The Morgan fingerprint density at radius 3 is 2.84 bits per heavy atom. The molecular weight excluding hydrogens is 256 g/mol. The first-order valence-electron chi connectivity index (χ1n) is 7.16. The second-order valence-electron chi connectivity index (χ2n) is 5.36. The van der Waals surface area contributed by atoms with Crippen LogP contribution in [0.2, 0.25) is 5.02 Å². The van der Waals surface area contributed by atoms with Crippen molar-refractivity contribution in [1.82, 2.24) is 5.32 Å². The Labute approximate surface area is 120 Å². The second-order valence-corrected chi connectivity index (χ2v) is 5.77. The van der Waals surface area contributed by atoms with E-state index >= 15 is 0 Å². The van der Waals surface area contributed by atoms with E-state index in [2.05, 4.69) is 18.3 Å². The standard InChI is InChI=1S/C16H21ClN2/c1-2-13-5-3-4-6-16(13)19-11-14-8-7-12(10-18)9-15(14)17/h7-9,13,16,19H,2-6,11H2,1H3. The first-order valence-corrected chi connectivity index (χ1v) is 7.54. The molecule has 1 saturated carbocycles. The lowest BCUT2D eigenvalue weighted by molar-refractivity contribution is 0.254. The molecule has 0 aromatic heterocycles. The zero-order valence-corrected chi connectivity index (χ0v) is 12.2. The van der Waals surface area contributed by atoms with Crippen LogP contribution in [-0.2, 0) is 6.54 Å². The highest BCUT2D eigenvalue weighted by molar-refractivity contribution is 6.31. The van der Waals surface area contributed by atoms with Gasteiger partial charge in [-0.1, -0.05) is 43.9 Å². The van der Waals surface area contributed by atoms with Crippen LogP contribution in [0.5, 0.6) is 0 Å². The Kier molecular flexibility index (Phi) is 5.24. The van der Waals surface area contributed by atoms with Crippen LogP contribution in [0.1, 0.15) is 50.2 Å². The van der Waals surface area contributed by atoms with Crippen LogP contribution in [0, 0.1) is 17.2 Å². The molecule has 0 amide bonds. The molecule has 19 heavy (non-hydrogen) atoms. The molecule has 0 saturated heterocycles. The van der Waals surface area contributed by atoms with Gasteiger partial charge < -0.3 is 5.32 Å². The number of rotatable bonds is 4. The highest BCUT2D eigenvalue weighted by atomic mass is 35.5. The van der Waals surface area contributed by atoms with E-state index in [0.717, 1.165) is 18.0 Å². The first kappa shape index (κ1) is 14.4. The van der Waals surface area contributed by atoms with Crippen molar-refractivity contribution >= 4 is 11.6 Å². The van der Waals surface area contributed by atoms with Crippen LogP contribution in [0.25, 0.3) is 0 Å². The number of nitrogens with one attached hydrogen (secondary N) is 1. The number of benzene rings is 1. The van der Waals surface area contributed by atoms with Crippen LogP contribution in [0.3, 0.4) is 0 Å². The lowest BCUT2D eigenvalue weighted by atomic mass is 9.83. The summed E-state index contributed by atoms with van der Waals surface area (Å²) < 4.78 is 0. The third kappa shape index (κ3) is 3.72. The molecule has 0 spiro atoms. The quantitative estimate of drug-likeness (QED) is 0.891.